The van der Waals surface area contributed by atoms with Crippen LogP contribution in [0.5, 0.6) is 0 Å². The summed E-state index contributed by atoms with van der Waals surface area (Å²) in [6, 6.07) is 4.82. The molecule has 0 spiro atoms. The lowest BCUT2D eigenvalue weighted by Crippen LogP contribution is -2.39. The molecule has 1 aromatic carbocycles. The Hall–Kier alpha value is -1.77. The van der Waals surface area contributed by atoms with Gasteiger partial charge in [-0.1, -0.05) is 11.2 Å². The predicted octanol–water partition coefficient (Wildman–Crippen LogP) is 2.25. The lowest BCUT2D eigenvalue weighted by molar-refractivity contribution is 0.310. The molecular weight excluding hydrogens is 357 g/mol. The van der Waals surface area contributed by atoms with Crippen LogP contribution in [0.25, 0.3) is 0 Å². The maximum Gasteiger partial charge on any atom is 0.240 e. The Balaban J connectivity index is 1.48. The second-order valence-corrected chi connectivity index (χ2v) is 8.75. The van der Waals surface area contributed by atoms with Crippen molar-refractivity contribution in [1.29, 1.82) is 0 Å². The van der Waals surface area contributed by atoms with Crippen molar-refractivity contribution in [2.75, 3.05) is 13.1 Å². The van der Waals surface area contributed by atoms with E-state index in [-0.39, 0.29) is 10.9 Å². The Morgan fingerprint density at radius 1 is 1.31 bits per heavy atom. The molecule has 2 heterocycles. The van der Waals surface area contributed by atoms with E-state index < -0.39 is 15.8 Å². The number of benzene rings is 1. The van der Waals surface area contributed by atoms with Crippen molar-refractivity contribution < 1.29 is 17.3 Å². The molecule has 1 unspecified atom stereocenters. The Kier molecular flexibility index (Phi) is 4.81. The first-order valence-electron chi connectivity index (χ1n) is 8.98. The van der Waals surface area contributed by atoms with E-state index in [1.54, 1.807) is 0 Å². The lowest BCUT2D eigenvalue weighted by atomic mass is 9.92. The third kappa shape index (κ3) is 3.67. The first kappa shape index (κ1) is 17.6. The predicted molar refractivity (Wildman–Crippen MR) is 93.5 cm³/mol. The van der Waals surface area contributed by atoms with Crippen molar-refractivity contribution in [2.45, 2.75) is 49.6 Å². The summed E-state index contributed by atoms with van der Waals surface area (Å²) in [5, 5.41) is 4.22. The second-order valence-electron chi connectivity index (χ2n) is 7.03. The van der Waals surface area contributed by atoms with Crippen molar-refractivity contribution in [3.63, 3.8) is 0 Å². The smallest absolute Gasteiger partial charge is 0.240 e. The number of hydrogen-bond acceptors (Lipinski definition) is 5. The fraction of sp³-hybridized carbons (Fsp3) is 0.500. The molecule has 0 bridgehead atoms. The van der Waals surface area contributed by atoms with E-state index >= 15 is 0 Å². The number of nitrogens with zero attached hydrogens (tertiary/aromatic N) is 2. The maximum absolute atomic E-state index is 13.4. The summed E-state index contributed by atoms with van der Waals surface area (Å²) in [7, 11) is -3.75. The summed E-state index contributed by atoms with van der Waals surface area (Å²) in [5.41, 5.74) is 1.94. The number of fused-ring (bicyclic) bond motifs is 1. The van der Waals surface area contributed by atoms with Crippen molar-refractivity contribution >= 4 is 10.0 Å². The molecule has 1 aliphatic carbocycles. The summed E-state index contributed by atoms with van der Waals surface area (Å²) in [4.78, 5) is 2.30. The zero-order valence-electron chi connectivity index (χ0n) is 14.4. The van der Waals surface area contributed by atoms with Gasteiger partial charge >= 0.3 is 0 Å². The quantitative estimate of drug-likeness (QED) is 0.862. The highest BCUT2D eigenvalue weighted by Crippen LogP contribution is 2.27. The Morgan fingerprint density at radius 3 is 2.88 bits per heavy atom. The average molecular weight is 379 g/mol. The third-order valence-corrected chi connectivity index (χ3v) is 6.64. The van der Waals surface area contributed by atoms with Gasteiger partial charge in [-0.05, 0) is 57.0 Å². The number of halogens is 1. The van der Waals surface area contributed by atoms with Gasteiger partial charge < -0.3 is 4.52 Å². The van der Waals surface area contributed by atoms with Crippen LogP contribution in [0.2, 0.25) is 0 Å². The number of nitrogens with one attached hydrogen (secondary N) is 1. The number of likely N-dealkylation sites (tertiary alicyclic amines) is 1. The summed E-state index contributed by atoms with van der Waals surface area (Å²) in [5.74, 6) is 0.297. The van der Waals surface area contributed by atoms with E-state index in [0.717, 1.165) is 42.7 Å². The van der Waals surface area contributed by atoms with Crippen molar-refractivity contribution in [3.8, 4) is 0 Å². The van der Waals surface area contributed by atoms with Crippen LogP contribution in [0, 0.1) is 5.82 Å². The number of aryl methyl sites for hydroxylation is 1. The molecule has 140 valence electrons. The molecule has 1 atom stereocenters. The van der Waals surface area contributed by atoms with Gasteiger partial charge in [-0.2, -0.15) is 0 Å². The number of sulfonamides is 1. The summed E-state index contributed by atoms with van der Waals surface area (Å²) >= 11 is 0. The van der Waals surface area contributed by atoms with Crippen LogP contribution in [0.3, 0.4) is 0 Å². The van der Waals surface area contributed by atoms with Crippen LogP contribution >= 0.6 is 0 Å². The van der Waals surface area contributed by atoms with E-state index in [1.165, 1.54) is 31.0 Å². The molecule has 26 heavy (non-hydrogen) atoms. The van der Waals surface area contributed by atoms with Crippen LogP contribution in [0.1, 0.15) is 36.3 Å². The molecule has 1 fully saturated rings. The third-order valence-electron chi connectivity index (χ3n) is 5.12. The monoisotopic (exact) mass is 379 g/mol. The van der Waals surface area contributed by atoms with Crippen LogP contribution in [0.4, 0.5) is 4.39 Å². The van der Waals surface area contributed by atoms with Crippen LogP contribution in [-0.2, 0) is 29.4 Å². The van der Waals surface area contributed by atoms with Crippen molar-refractivity contribution in [3.05, 3.63) is 47.1 Å². The Bertz CT molecular complexity index is 891. The SMILES string of the molecule is O=S(=O)(NC1CCc2onc(CN3CCCC3)c2C1)c1cccc(F)c1. The minimum Gasteiger partial charge on any atom is -0.361 e. The summed E-state index contributed by atoms with van der Waals surface area (Å²) in [6.45, 7) is 2.89. The van der Waals surface area contributed by atoms with Crippen LogP contribution in [-0.4, -0.2) is 37.6 Å². The number of rotatable bonds is 5. The molecule has 8 heteroatoms. The standard InChI is InChI=1S/C18H22FN3O3S/c19-13-4-3-5-15(10-13)26(23,24)21-14-6-7-18-16(11-14)17(20-25-18)12-22-8-1-2-9-22/h3-5,10,14,21H,1-2,6-9,11-12H2. The van der Waals surface area contributed by atoms with Crippen molar-refractivity contribution in [2.24, 2.45) is 0 Å². The number of aromatic nitrogens is 1. The van der Waals surface area contributed by atoms with Gasteiger partial charge in [-0.3, -0.25) is 4.90 Å². The van der Waals surface area contributed by atoms with Gasteiger partial charge in [-0.25, -0.2) is 17.5 Å². The fourth-order valence-electron chi connectivity index (χ4n) is 3.76. The van der Waals surface area contributed by atoms with Gasteiger partial charge in [0.1, 0.15) is 17.3 Å². The molecule has 2 aromatic rings. The maximum atomic E-state index is 13.4. The molecule has 1 saturated heterocycles. The van der Waals surface area contributed by atoms with Crippen LogP contribution in [0.15, 0.2) is 33.7 Å². The highest BCUT2D eigenvalue weighted by atomic mass is 32.2. The minimum atomic E-state index is -3.75. The first-order chi connectivity index (χ1) is 12.5. The molecule has 1 N–H and O–H groups in total. The van der Waals surface area contributed by atoms with Gasteiger partial charge in [0.2, 0.25) is 10.0 Å². The Morgan fingerprint density at radius 2 is 2.12 bits per heavy atom. The number of hydrogen-bond donors (Lipinski definition) is 1. The minimum absolute atomic E-state index is 0.0501. The van der Waals surface area contributed by atoms with Crippen LogP contribution < -0.4 is 4.72 Å². The average Bonchev–Trinajstić information content (AvgIpc) is 3.25. The fourth-order valence-corrected chi connectivity index (χ4v) is 5.06. The van der Waals surface area contributed by atoms with Gasteiger partial charge in [0.15, 0.2) is 0 Å². The summed E-state index contributed by atoms with van der Waals surface area (Å²) in [6.07, 6.45) is 4.25. The molecule has 0 radical (unpaired) electrons. The zero-order chi connectivity index (χ0) is 18.1. The molecular formula is C18H22FN3O3S. The molecule has 2 aliphatic rings. The largest absolute Gasteiger partial charge is 0.361 e. The van der Waals surface area contributed by atoms with E-state index in [2.05, 4.69) is 14.8 Å². The molecule has 0 saturated carbocycles. The highest BCUT2D eigenvalue weighted by molar-refractivity contribution is 7.89. The molecule has 4 rings (SSSR count). The molecule has 1 aliphatic heterocycles. The Labute approximate surface area is 152 Å². The zero-order valence-corrected chi connectivity index (χ0v) is 15.3. The van der Waals surface area contributed by atoms with E-state index in [4.69, 9.17) is 4.52 Å². The summed E-state index contributed by atoms with van der Waals surface area (Å²) < 4.78 is 46.6. The van der Waals surface area contributed by atoms with E-state index in [9.17, 15) is 12.8 Å². The van der Waals surface area contributed by atoms with Crippen molar-refractivity contribution in [1.82, 2.24) is 14.8 Å². The second kappa shape index (κ2) is 7.09. The topological polar surface area (TPSA) is 75.4 Å². The normalized spacial score (nSPS) is 21.0. The molecule has 0 amide bonds. The van der Waals surface area contributed by atoms with E-state index in [1.807, 2.05) is 0 Å². The lowest BCUT2D eigenvalue weighted by Gasteiger charge is -2.23. The van der Waals surface area contributed by atoms with Gasteiger partial charge in [0, 0.05) is 24.6 Å². The first-order valence-corrected chi connectivity index (χ1v) is 10.5. The molecule has 1 aromatic heterocycles. The highest BCUT2D eigenvalue weighted by Gasteiger charge is 2.30. The van der Waals surface area contributed by atoms with Gasteiger partial charge in [0.25, 0.3) is 0 Å². The van der Waals surface area contributed by atoms with Gasteiger partial charge in [0.05, 0.1) is 4.90 Å². The van der Waals surface area contributed by atoms with E-state index in [0.29, 0.717) is 19.3 Å². The van der Waals surface area contributed by atoms with Gasteiger partial charge in [-0.15, -0.1) is 0 Å². The molecule has 6 nitrogen and oxygen atoms in total.